The van der Waals surface area contributed by atoms with Gasteiger partial charge in [0.2, 0.25) is 0 Å². The Bertz CT molecular complexity index is 116. The highest BCUT2D eigenvalue weighted by Gasteiger charge is 2.18. The van der Waals surface area contributed by atoms with Crippen LogP contribution < -0.4 is 0 Å². The van der Waals surface area contributed by atoms with Crippen molar-refractivity contribution in [2.75, 3.05) is 6.61 Å². The van der Waals surface area contributed by atoms with Crippen molar-refractivity contribution in [2.24, 2.45) is 11.1 Å². The standard InChI is InChI=1S/C7H11NO/c1-2-5-9-8-6-7-3-4-7/h2,6-7H,1,3-5H2. The molecular formula is C7H11NO. The quantitative estimate of drug-likeness (QED) is 0.242. The number of hydrogen-bond acceptors (Lipinski definition) is 2. The van der Waals surface area contributed by atoms with Crippen LogP contribution >= 0.6 is 0 Å². The molecule has 0 aromatic carbocycles. The predicted molar refractivity (Wildman–Crippen MR) is 37.4 cm³/mol. The molecule has 2 nitrogen and oxygen atoms in total. The van der Waals surface area contributed by atoms with Crippen LogP contribution in [0, 0.1) is 5.92 Å². The van der Waals surface area contributed by atoms with Crippen LogP contribution in [0.2, 0.25) is 0 Å². The Morgan fingerprint density at radius 3 is 3.00 bits per heavy atom. The minimum Gasteiger partial charge on any atom is -0.392 e. The zero-order valence-electron chi connectivity index (χ0n) is 5.42. The second-order valence-electron chi connectivity index (χ2n) is 2.18. The lowest BCUT2D eigenvalue weighted by Gasteiger charge is -1.88. The molecule has 0 bridgehead atoms. The molecule has 0 aromatic rings. The lowest BCUT2D eigenvalue weighted by molar-refractivity contribution is 0.175. The highest BCUT2D eigenvalue weighted by molar-refractivity contribution is 5.62. The second-order valence-corrected chi connectivity index (χ2v) is 2.18. The lowest BCUT2D eigenvalue weighted by Crippen LogP contribution is -1.82. The van der Waals surface area contributed by atoms with Gasteiger partial charge in [-0.15, -0.1) is 0 Å². The van der Waals surface area contributed by atoms with Gasteiger partial charge in [0.15, 0.2) is 0 Å². The van der Waals surface area contributed by atoms with Crippen LogP contribution in [-0.2, 0) is 4.84 Å². The molecular weight excluding hydrogens is 114 g/mol. The SMILES string of the molecule is C=CCON=CC1CC1. The normalized spacial score (nSPS) is 18.2. The highest BCUT2D eigenvalue weighted by Crippen LogP contribution is 2.26. The van der Waals surface area contributed by atoms with E-state index in [-0.39, 0.29) is 0 Å². The third kappa shape index (κ3) is 2.90. The monoisotopic (exact) mass is 125 g/mol. The summed E-state index contributed by atoms with van der Waals surface area (Å²) in [5, 5.41) is 3.73. The minimum absolute atomic E-state index is 0.517. The molecule has 0 atom stereocenters. The van der Waals surface area contributed by atoms with Gasteiger partial charge >= 0.3 is 0 Å². The van der Waals surface area contributed by atoms with Gasteiger partial charge in [-0.2, -0.15) is 0 Å². The van der Waals surface area contributed by atoms with Crippen LogP contribution in [0.5, 0.6) is 0 Å². The third-order valence-electron chi connectivity index (χ3n) is 1.16. The molecule has 0 unspecified atom stereocenters. The maximum Gasteiger partial charge on any atom is 0.135 e. The highest BCUT2D eigenvalue weighted by atomic mass is 16.6. The molecule has 0 heterocycles. The van der Waals surface area contributed by atoms with Gasteiger partial charge in [0, 0.05) is 6.21 Å². The number of hydrogen-bond donors (Lipinski definition) is 0. The summed E-state index contributed by atoms with van der Waals surface area (Å²) in [6.07, 6.45) is 6.11. The van der Waals surface area contributed by atoms with Gasteiger partial charge in [-0.1, -0.05) is 17.8 Å². The molecule has 0 amide bonds. The van der Waals surface area contributed by atoms with Crippen LogP contribution in [0.4, 0.5) is 0 Å². The van der Waals surface area contributed by atoms with E-state index in [2.05, 4.69) is 11.7 Å². The molecule has 0 spiro atoms. The third-order valence-corrected chi connectivity index (χ3v) is 1.16. The summed E-state index contributed by atoms with van der Waals surface area (Å²) in [6, 6.07) is 0. The average molecular weight is 125 g/mol. The molecule has 1 rings (SSSR count). The van der Waals surface area contributed by atoms with Crippen molar-refractivity contribution in [3.05, 3.63) is 12.7 Å². The molecule has 0 aromatic heterocycles. The number of nitrogens with zero attached hydrogens (tertiary/aromatic N) is 1. The second kappa shape index (κ2) is 3.28. The largest absolute Gasteiger partial charge is 0.392 e. The van der Waals surface area contributed by atoms with Crippen molar-refractivity contribution < 1.29 is 4.84 Å². The van der Waals surface area contributed by atoms with Gasteiger partial charge in [-0.3, -0.25) is 0 Å². The molecule has 0 aliphatic heterocycles. The molecule has 50 valence electrons. The maximum atomic E-state index is 4.78. The van der Waals surface area contributed by atoms with Crippen molar-refractivity contribution in [2.45, 2.75) is 12.8 Å². The van der Waals surface area contributed by atoms with Crippen molar-refractivity contribution in [3.8, 4) is 0 Å². The van der Waals surface area contributed by atoms with Gasteiger partial charge in [-0.05, 0) is 18.8 Å². The molecule has 2 heteroatoms. The number of rotatable bonds is 4. The van der Waals surface area contributed by atoms with Crippen LogP contribution in [0.15, 0.2) is 17.8 Å². The van der Waals surface area contributed by atoms with Gasteiger partial charge in [0.25, 0.3) is 0 Å². The van der Waals surface area contributed by atoms with Crippen LogP contribution in [0.25, 0.3) is 0 Å². The molecule has 1 aliphatic carbocycles. The van der Waals surface area contributed by atoms with E-state index in [0.717, 1.165) is 0 Å². The Morgan fingerprint density at radius 1 is 1.67 bits per heavy atom. The molecule has 1 saturated carbocycles. The van der Waals surface area contributed by atoms with Gasteiger partial charge < -0.3 is 4.84 Å². The van der Waals surface area contributed by atoms with E-state index >= 15 is 0 Å². The fourth-order valence-corrected chi connectivity index (χ4v) is 0.470. The van der Waals surface area contributed by atoms with E-state index in [1.54, 1.807) is 6.08 Å². The molecule has 9 heavy (non-hydrogen) atoms. The van der Waals surface area contributed by atoms with E-state index in [1.165, 1.54) is 12.8 Å². The van der Waals surface area contributed by atoms with E-state index in [9.17, 15) is 0 Å². The van der Waals surface area contributed by atoms with E-state index < -0.39 is 0 Å². The van der Waals surface area contributed by atoms with Crippen molar-refractivity contribution >= 4 is 6.21 Å². The molecule has 0 N–H and O–H groups in total. The molecule has 1 aliphatic rings. The fraction of sp³-hybridized carbons (Fsp3) is 0.571. The Hall–Kier alpha value is -0.790. The summed E-state index contributed by atoms with van der Waals surface area (Å²) in [5.41, 5.74) is 0. The molecule has 0 radical (unpaired) electrons. The zero-order valence-corrected chi connectivity index (χ0v) is 5.42. The maximum absolute atomic E-state index is 4.78. The Balaban J connectivity index is 1.95. The van der Waals surface area contributed by atoms with Crippen LogP contribution in [0.1, 0.15) is 12.8 Å². The summed E-state index contributed by atoms with van der Waals surface area (Å²) in [5.74, 6) is 0.704. The predicted octanol–water partition coefficient (Wildman–Crippen LogP) is 1.58. The Labute approximate surface area is 55.2 Å². The molecule has 0 saturated heterocycles. The van der Waals surface area contributed by atoms with E-state index in [4.69, 9.17) is 4.84 Å². The fourth-order valence-electron chi connectivity index (χ4n) is 0.470. The van der Waals surface area contributed by atoms with Crippen LogP contribution in [-0.4, -0.2) is 12.8 Å². The lowest BCUT2D eigenvalue weighted by atomic mass is 10.5. The van der Waals surface area contributed by atoms with Crippen LogP contribution in [0.3, 0.4) is 0 Å². The Kier molecular flexibility index (Phi) is 2.31. The van der Waals surface area contributed by atoms with Crippen molar-refractivity contribution in [3.63, 3.8) is 0 Å². The smallest absolute Gasteiger partial charge is 0.135 e. The van der Waals surface area contributed by atoms with Gasteiger partial charge in [0.05, 0.1) is 0 Å². The first-order valence-corrected chi connectivity index (χ1v) is 3.20. The summed E-state index contributed by atoms with van der Waals surface area (Å²) in [7, 11) is 0. The Morgan fingerprint density at radius 2 is 2.44 bits per heavy atom. The van der Waals surface area contributed by atoms with Crippen molar-refractivity contribution in [1.29, 1.82) is 0 Å². The first kappa shape index (κ1) is 6.33. The van der Waals surface area contributed by atoms with Crippen molar-refractivity contribution in [1.82, 2.24) is 0 Å². The summed E-state index contributed by atoms with van der Waals surface area (Å²) in [6.45, 7) is 4.01. The summed E-state index contributed by atoms with van der Waals surface area (Å²) >= 11 is 0. The van der Waals surface area contributed by atoms with E-state index in [1.807, 2.05) is 6.21 Å². The zero-order chi connectivity index (χ0) is 6.53. The summed E-state index contributed by atoms with van der Waals surface area (Å²) < 4.78 is 0. The summed E-state index contributed by atoms with van der Waals surface area (Å²) in [4.78, 5) is 4.78. The number of oxime groups is 1. The average Bonchev–Trinajstić information content (AvgIpc) is 2.63. The first-order valence-electron chi connectivity index (χ1n) is 3.20. The van der Waals surface area contributed by atoms with Gasteiger partial charge in [0.1, 0.15) is 6.61 Å². The van der Waals surface area contributed by atoms with Gasteiger partial charge in [-0.25, -0.2) is 0 Å². The first-order chi connectivity index (χ1) is 4.43. The minimum atomic E-state index is 0.517. The topological polar surface area (TPSA) is 21.6 Å². The molecule has 1 fully saturated rings. The van der Waals surface area contributed by atoms with E-state index in [0.29, 0.717) is 12.5 Å².